The van der Waals surface area contributed by atoms with E-state index in [-0.39, 0.29) is 0 Å². The third-order valence-corrected chi connectivity index (χ3v) is 4.33. The van der Waals surface area contributed by atoms with E-state index in [0.29, 0.717) is 46.4 Å². The molecule has 0 aliphatic carbocycles. The first-order valence-electron chi connectivity index (χ1n) is 7.73. The first-order chi connectivity index (χ1) is 12.0. The number of aryl methyl sites for hydroxylation is 2. The van der Waals surface area contributed by atoms with Crippen LogP contribution >= 0.6 is 23.2 Å². The number of hydrogen-bond acceptors (Lipinski definition) is 3. The number of aromatic nitrogens is 3. The number of primary amides is 1. The van der Waals surface area contributed by atoms with Gasteiger partial charge in [-0.25, -0.2) is 4.98 Å². The lowest BCUT2D eigenvalue weighted by molar-refractivity contribution is 0.0998. The summed E-state index contributed by atoms with van der Waals surface area (Å²) in [5.74, 6) is -0.491. The summed E-state index contributed by atoms with van der Waals surface area (Å²) in [5, 5.41) is 8.32. The summed E-state index contributed by atoms with van der Waals surface area (Å²) in [6.45, 7) is 0. The zero-order valence-electron chi connectivity index (χ0n) is 13.3. The number of benzene rings is 1. The van der Waals surface area contributed by atoms with Gasteiger partial charge in [-0.15, -0.1) is 0 Å². The lowest BCUT2D eigenvalue weighted by Crippen LogP contribution is -2.15. The minimum absolute atomic E-state index is 0.446. The van der Waals surface area contributed by atoms with E-state index >= 15 is 0 Å². The Morgan fingerprint density at radius 2 is 1.96 bits per heavy atom. The molecule has 2 aromatic heterocycles. The number of amides is 1. The zero-order chi connectivity index (χ0) is 17.8. The van der Waals surface area contributed by atoms with Gasteiger partial charge in [0.15, 0.2) is 0 Å². The fourth-order valence-electron chi connectivity index (χ4n) is 2.69. The molecule has 0 saturated heterocycles. The number of nitrogens with zero attached hydrogens (tertiary/aromatic N) is 2. The van der Waals surface area contributed by atoms with Crippen molar-refractivity contribution in [2.75, 3.05) is 0 Å². The molecule has 1 amide bonds. The van der Waals surface area contributed by atoms with Crippen molar-refractivity contribution >= 4 is 29.1 Å². The Balaban J connectivity index is 1.79. The fourth-order valence-corrected chi connectivity index (χ4v) is 3.01. The van der Waals surface area contributed by atoms with Crippen LogP contribution in [0.5, 0.6) is 0 Å². The van der Waals surface area contributed by atoms with E-state index in [1.807, 2.05) is 24.3 Å². The number of carbonyl (C=O) groups excluding carboxylic acids is 1. The molecule has 25 heavy (non-hydrogen) atoms. The van der Waals surface area contributed by atoms with Crippen molar-refractivity contribution in [1.82, 2.24) is 15.2 Å². The Hall–Kier alpha value is -2.37. The highest BCUT2D eigenvalue weighted by Gasteiger charge is 2.18. The van der Waals surface area contributed by atoms with Crippen LogP contribution in [0.15, 0.2) is 42.6 Å². The topological polar surface area (TPSA) is 84.7 Å². The highest BCUT2D eigenvalue weighted by Crippen LogP contribution is 2.19. The van der Waals surface area contributed by atoms with Gasteiger partial charge < -0.3 is 5.73 Å². The molecule has 3 aromatic rings. The number of halogens is 2. The van der Waals surface area contributed by atoms with Gasteiger partial charge in [-0.2, -0.15) is 5.10 Å². The first kappa shape index (κ1) is 17.5. The normalized spacial score (nSPS) is 10.8. The molecular formula is C18H16Cl2N4O. The molecule has 0 radical (unpaired) electrons. The van der Waals surface area contributed by atoms with Crippen LogP contribution in [0.3, 0.4) is 0 Å². The van der Waals surface area contributed by atoms with Gasteiger partial charge in [0.2, 0.25) is 0 Å². The van der Waals surface area contributed by atoms with E-state index in [4.69, 9.17) is 28.9 Å². The molecule has 0 spiro atoms. The number of hydrogen-bond donors (Lipinski definition) is 2. The number of rotatable bonds is 6. The molecule has 0 atom stereocenters. The summed E-state index contributed by atoms with van der Waals surface area (Å²) in [7, 11) is 0. The number of carbonyl (C=O) groups is 1. The number of H-pyrrole nitrogens is 1. The second-order valence-electron chi connectivity index (χ2n) is 5.68. The Morgan fingerprint density at radius 3 is 2.64 bits per heavy atom. The van der Waals surface area contributed by atoms with Gasteiger partial charge in [0, 0.05) is 17.6 Å². The highest BCUT2D eigenvalue weighted by atomic mass is 35.5. The highest BCUT2D eigenvalue weighted by molar-refractivity contribution is 6.30. The molecular weight excluding hydrogens is 359 g/mol. The van der Waals surface area contributed by atoms with Crippen LogP contribution in [0.25, 0.3) is 0 Å². The van der Waals surface area contributed by atoms with Crippen LogP contribution in [-0.2, 0) is 19.3 Å². The van der Waals surface area contributed by atoms with Crippen LogP contribution in [0.2, 0.25) is 10.2 Å². The standard InChI is InChI=1S/C18H16Cl2N4O/c19-13-3-1-2-12(8-13)9-15-17(18(21)25)14(23-24-15)6-4-11-5-7-16(20)22-10-11/h1-3,5,7-8,10H,4,6,9H2,(H2,21,25)(H,23,24). The van der Waals surface area contributed by atoms with Gasteiger partial charge in [0.1, 0.15) is 5.15 Å². The van der Waals surface area contributed by atoms with E-state index in [2.05, 4.69) is 15.2 Å². The van der Waals surface area contributed by atoms with Gasteiger partial charge in [-0.3, -0.25) is 9.89 Å². The smallest absolute Gasteiger partial charge is 0.252 e. The zero-order valence-corrected chi connectivity index (χ0v) is 14.8. The van der Waals surface area contributed by atoms with Gasteiger partial charge in [-0.1, -0.05) is 41.4 Å². The molecule has 1 aromatic carbocycles. The number of pyridine rings is 1. The maximum atomic E-state index is 11.9. The van der Waals surface area contributed by atoms with Gasteiger partial charge in [-0.05, 0) is 42.2 Å². The average molecular weight is 375 g/mol. The molecule has 0 fully saturated rings. The Bertz CT molecular complexity index is 890. The third-order valence-electron chi connectivity index (χ3n) is 3.87. The minimum Gasteiger partial charge on any atom is -0.365 e. The molecule has 0 saturated carbocycles. The molecule has 5 nitrogen and oxygen atoms in total. The predicted molar refractivity (Wildman–Crippen MR) is 98.0 cm³/mol. The lowest BCUT2D eigenvalue weighted by atomic mass is 10.0. The summed E-state index contributed by atoms with van der Waals surface area (Å²) < 4.78 is 0. The van der Waals surface area contributed by atoms with Crippen molar-refractivity contribution in [3.05, 3.63) is 80.8 Å². The maximum Gasteiger partial charge on any atom is 0.252 e. The second kappa shape index (κ2) is 7.68. The van der Waals surface area contributed by atoms with E-state index in [1.165, 1.54) is 0 Å². The van der Waals surface area contributed by atoms with Crippen molar-refractivity contribution in [2.24, 2.45) is 5.73 Å². The summed E-state index contributed by atoms with van der Waals surface area (Å²) in [4.78, 5) is 16.0. The van der Waals surface area contributed by atoms with Gasteiger partial charge in [0.05, 0.1) is 17.0 Å². The molecule has 3 rings (SSSR count). The van der Waals surface area contributed by atoms with Crippen LogP contribution in [0, 0.1) is 0 Å². The first-order valence-corrected chi connectivity index (χ1v) is 8.49. The van der Waals surface area contributed by atoms with Crippen molar-refractivity contribution in [2.45, 2.75) is 19.3 Å². The largest absolute Gasteiger partial charge is 0.365 e. The number of aromatic amines is 1. The lowest BCUT2D eigenvalue weighted by Gasteiger charge is -2.04. The minimum atomic E-state index is -0.491. The third kappa shape index (κ3) is 4.38. The average Bonchev–Trinajstić information content (AvgIpc) is 2.97. The molecule has 2 heterocycles. The Labute approximate surface area is 155 Å². The van der Waals surface area contributed by atoms with E-state index in [0.717, 1.165) is 11.1 Å². The van der Waals surface area contributed by atoms with Crippen LogP contribution in [0.1, 0.15) is 32.9 Å². The van der Waals surface area contributed by atoms with E-state index in [1.54, 1.807) is 18.3 Å². The molecule has 0 unspecified atom stereocenters. The van der Waals surface area contributed by atoms with E-state index in [9.17, 15) is 4.79 Å². The second-order valence-corrected chi connectivity index (χ2v) is 6.51. The quantitative estimate of drug-likeness (QED) is 0.646. The van der Waals surface area contributed by atoms with Crippen LogP contribution < -0.4 is 5.73 Å². The fraction of sp³-hybridized carbons (Fsp3) is 0.167. The van der Waals surface area contributed by atoms with Gasteiger partial charge in [0.25, 0.3) is 5.91 Å². The molecule has 7 heteroatoms. The Kier molecular flexibility index (Phi) is 5.36. The maximum absolute atomic E-state index is 11.9. The Morgan fingerprint density at radius 1 is 1.12 bits per heavy atom. The summed E-state index contributed by atoms with van der Waals surface area (Å²) in [6.07, 6.45) is 3.49. The molecule has 128 valence electrons. The van der Waals surface area contributed by atoms with Crippen LogP contribution in [0.4, 0.5) is 0 Å². The number of nitrogens with one attached hydrogen (secondary N) is 1. The van der Waals surface area contributed by atoms with Crippen molar-refractivity contribution < 1.29 is 4.79 Å². The SMILES string of the molecule is NC(=O)c1c(CCc2ccc(Cl)nc2)n[nH]c1Cc1cccc(Cl)c1. The summed E-state index contributed by atoms with van der Waals surface area (Å²) >= 11 is 11.8. The monoisotopic (exact) mass is 374 g/mol. The van der Waals surface area contributed by atoms with Crippen molar-refractivity contribution in [1.29, 1.82) is 0 Å². The molecule has 3 N–H and O–H groups in total. The van der Waals surface area contributed by atoms with E-state index < -0.39 is 5.91 Å². The molecule has 0 aliphatic rings. The van der Waals surface area contributed by atoms with Crippen molar-refractivity contribution in [3.8, 4) is 0 Å². The van der Waals surface area contributed by atoms with Crippen LogP contribution in [-0.4, -0.2) is 21.1 Å². The van der Waals surface area contributed by atoms with Crippen molar-refractivity contribution in [3.63, 3.8) is 0 Å². The predicted octanol–water partition coefficient (Wildman–Crippen LogP) is 3.59. The molecule has 0 aliphatic heterocycles. The summed E-state index contributed by atoms with van der Waals surface area (Å²) in [6, 6.07) is 11.1. The van der Waals surface area contributed by atoms with Gasteiger partial charge >= 0.3 is 0 Å². The molecule has 0 bridgehead atoms. The summed E-state index contributed by atoms with van der Waals surface area (Å²) in [5.41, 5.74) is 9.36. The number of nitrogens with two attached hydrogens (primary N) is 1.